The van der Waals surface area contributed by atoms with Crippen LogP contribution in [0, 0.1) is 10.1 Å². The van der Waals surface area contributed by atoms with Gasteiger partial charge in [-0.25, -0.2) is 0 Å². The molecule has 2 aromatic heterocycles. The molecule has 0 saturated heterocycles. The highest BCUT2D eigenvalue weighted by Gasteiger charge is 2.08. The molecule has 24 heavy (non-hydrogen) atoms. The van der Waals surface area contributed by atoms with Crippen LogP contribution < -0.4 is 10.6 Å². The first-order chi connectivity index (χ1) is 11.6. The van der Waals surface area contributed by atoms with E-state index in [1.807, 2.05) is 6.07 Å². The average Bonchev–Trinajstić information content (AvgIpc) is 3.06. The SMILES string of the molecule is O=[N+]([O-])c1ccc(Nc2nc(Cl)nc(NCc3ccco3)n2)cc1. The van der Waals surface area contributed by atoms with Gasteiger partial charge in [0.15, 0.2) is 0 Å². The van der Waals surface area contributed by atoms with Crippen LogP contribution in [-0.4, -0.2) is 19.9 Å². The van der Waals surface area contributed by atoms with E-state index in [4.69, 9.17) is 16.0 Å². The zero-order chi connectivity index (χ0) is 16.9. The van der Waals surface area contributed by atoms with Gasteiger partial charge in [0.2, 0.25) is 17.2 Å². The predicted molar refractivity (Wildman–Crippen MR) is 87.3 cm³/mol. The van der Waals surface area contributed by atoms with Gasteiger partial charge in [-0.1, -0.05) is 0 Å². The van der Waals surface area contributed by atoms with Crippen LogP contribution in [0.4, 0.5) is 23.3 Å². The molecule has 0 unspecified atom stereocenters. The molecular weight excluding hydrogens is 336 g/mol. The van der Waals surface area contributed by atoms with Crippen LogP contribution in [0.1, 0.15) is 5.76 Å². The molecule has 10 heteroatoms. The molecule has 0 atom stereocenters. The van der Waals surface area contributed by atoms with Crippen molar-refractivity contribution >= 4 is 34.9 Å². The zero-order valence-corrected chi connectivity index (χ0v) is 12.9. The fourth-order valence-electron chi connectivity index (χ4n) is 1.86. The number of nitrogens with zero attached hydrogens (tertiary/aromatic N) is 4. The van der Waals surface area contributed by atoms with Crippen LogP contribution in [0.25, 0.3) is 0 Å². The second-order valence-corrected chi connectivity index (χ2v) is 4.95. The normalized spacial score (nSPS) is 10.4. The molecule has 0 amide bonds. The van der Waals surface area contributed by atoms with Gasteiger partial charge in [0.1, 0.15) is 5.76 Å². The van der Waals surface area contributed by atoms with E-state index in [1.54, 1.807) is 24.5 Å². The minimum Gasteiger partial charge on any atom is -0.467 e. The van der Waals surface area contributed by atoms with Crippen molar-refractivity contribution in [2.24, 2.45) is 0 Å². The monoisotopic (exact) mass is 346 g/mol. The smallest absolute Gasteiger partial charge is 0.269 e. The largest absolute Gasteiger partial charge is 0.467 e. The van der Waals surface area contributed by atoms with Gasteiger partial charge in [-0.2, -0.15) is 15.0 Å². The Bertz CT molecular complexity index is 838. The lowest BCUT2D eigenvalue weighted by atomic mass is 10.3. The van der Waals surface area contributed by atoms with Crippen LogP contribution in [0.5, 0.6) is 0 Å². The van der Waals surface area contributed by atoms with Gasteiger partial charge >= 0.3 is 0 Å². The standard InChI is InChI=1S/C14H11ClN6O3/c15-12-18-13(16-8-11-2-1-7-24-11)20-14(19-12)17-9-3-5-10(6-4-9)21(22)23/h1-7H,8H2,(H2,16,17,18,19,20). The summed E-state index contributed by atoms with van der Waals surface area (Å²) in [5.41, 5.74) is 0.579. The van der Waals surface area contributed by atoms with Gasteiger partial charge in [-0.15, -0.1) is 0 Å². The molecule has 0 aliphatic heterocycles. The number of non-ortho nitro benzene ring substituents is 1. The van der Waals surface area contributed by atoms with Crippen molar-refractivity contribution < 1.29 is 9.34 Å². The third-order valence-corrected chi connectivity index (χ3v) is 3.11. The minimum atomic E-state index is -0.472. The number of hydrogen-bond donors (Lipinski definition) is 2. The summed E-state index contributed by atoms with van der Waals surface area (Å²) in [5, 5.41) is 16.5. The van der Waals surface area contributed by atoms with Crippen molar-refractivity contribution in [1.29, 1.82) is 0 Å². The molecule has 0 fully saturated rings. The highest BCUT2D eigenvalue weighted by molar-refractivity contribution is 6.28. The number of hydrogen-bond acceptors (Lipinski definition) is 8. The Morgan fingerprint density at radius 2 is 1.88 bits per heavy atom. The summed E-state index contributed by atoms with van der Waals surface area (Å²) in [5.74, 6) is 1.21. The summed E-state index contributed by atoms with van der Waals surface area (Å²) in [6.45, 7) is 0.393. The average molecular weight is 347 g/mol. The summed E-state index contributed by atoms with van der Waals surface area (Å²) < 4.78 is 5.20. The minimum absolute atomic E-state index is 0.00460. The Hall–Kier alpha value is -3.20. The molecule has 9 nitrogen and oxygen atoms in total. The van der Waals surface area contributed by atoms with Gasteiger partial charge in [-0.3, -0.25) is 10.1 Å². The molecule has 2 heterocycles. The van der Waals surface area contributed by atoms with E-state index in [0.717, 1.165) is 5.76 Å². The quantitative estimate of drug-likeness (QED) is 0.515. The highest BCUT2D eigenvalue weighted by atomic mass is 35.5. The maximum atomic E-state index is 10.6. The van der Waals surface area contributed by atoms with Crippen molar-refractivity contribution in [3.8, 4) is 0 Å². The maximum Gasteiger partial charge on any atom is 0.269 e. The first kappa shape index (κ1) is 15.7. The number of aromatic nitrogens is 3. The van der Waals surface area contributed by atoms with Crippen molar-refractivity contribution in [2.75, 3.05) is 10.6 Å². The van der Waals surface area contributed by atoms with Gasteiger partial charge in [0, 0.05) is 17.8 Å². The van der Waals surface area contributed by atoms with E-state index in [9.17, 15) is 10.1 Å². The second-order valence-electron chi connectivity index (χ2n) is 4.61. The molecule has 0 radical (unpaired) electrons. The molecule has 122 valence electrons. The van der Waals surface area contributed by atoms with E-state index in [1.165, 1.54) is 12.1 Å². The van der Waals surface area contributed by atoms with E-state index in [2.05, 4.69) is 25.6 Å². The fourth-order valence-corrected chi connectivity index (χ4v) is 2.02. The lowest BCUT2D eigenvalue weighted by Gasteiger charge is -2.07. The lowest BCUT2D eigenvalue weighted by molar-refractivity contribution is -0.384. The van der Waals surface area contributed by atoms with Crippen molar-refractivity contribution in [3.63, 3.8) is 0 Å². The number of nitrogens with one attached hydrogen (secondary N) is 2. The number of rotatable bonds is 6. The number of anilines is 3. The fraction of sp³-hybridized carbons (Fsp3) is 0.0714. The van der Waals surface area contributed by atoms with Gasteiger partial charge in [0.25, 0.3) is 5.69 Å². The molecule has 0 bridgehead atoms. The van der Waals surface area contributed by atoms with Gasteiger partial charge < -0.3 is 15.1 Å². The van der Waals surface area contributed by atoms with Gasteiger partial charge in [0.05, 0.1) is 17.7 Å². The van der Waals surface area contributed by atoms with Crippen molar-refractivity contribution in [1.82, 2.24) is 15.0 Å². The number of furan rings is 1. The Morgan fingerprint density at radius 1 is 1.12 bits per heavy atom. The number of nitro benzene ring substituents is 1. The predicted octanol–water partition coefficient (Wildman–Crippen LogP) is 3.38. The maximum absolute atomic E-state index is 10.6. The Kier molecular flexibility index (Phi) is 4.52. The van der Waals surface area contributed by atoms with Crippen LogP contribution in [-0.2, 0) is 6.54 Å². The first-order valence-corrected chi connectivity index (χ1v) is 7.17. The molecule has 0 saturated carbocycles. The van der Waals surface area contributed by atoms with Crippen LogP contribution in [0.15, 0.2) is 47.1 Å². The van der Waals surface area contributed by atoms with E-state index in [0.29, 0.717) is 12.2 Å². The molecule has 3 rings (SSSR count). The zero-order valence-electron chi connectivity index (χ0n) is 12.1. The van der Waals surface area contributed by atoms with Crippen LogP contribution in [0.2, 0.25) is 5.28 Å². The number of benzene rings is 1. The van der Waals surface area contributed by atoms with Crippen LogP contribution in [0.3, 0.4) is 0 Å². The van der Waals surface area contributed by atoms with Crippen LogP contribution >= 0.6 is 11.6 Å². The molecule has 2 N–H and O–H groups in total. The van der Waals surface area contributed by atoms with E-state index >= 15 is 0 Å². The summed E-state index contributed by atoms with van der Waals surface area (Å²) in [7, 11) is 0. The second kappa shape index (κ2) is 6.92. The number of nitro groups is 1. The topological polar surface area (TPSA) is 119 Å². The molecule has 0 spiro atoms. The molecular formula is C14H11ClN6O3. The van der Waals surface area contributed by atoms with Crippen molar-refractivity contribution in [2.45, 2.75) is 6.54 Å². The molecule has 3 aromatic rings. The van der Waals surface area contributed by atoms with Gasteiger partial charge in [-0.05, 0) is 35.9 Å². The first-order valence-electron chi connectivity index (χ1n) is 6.79. The number of halogens is 1. The Balaban J connectivity index is 1.72. The van der Waals surface area contributed by atoms with E-state index < -0.39 is 4.92 Å². The highest BCUT2D eigenvalue weighted by Crippen LogP contribution is 2.19. The molecule has 0 aliphatic rings. The summed E-state index contributed by atoms with van der Waals surface area (Å²) >= 11 is 5.89. The Morgan fingerprint density at radius 3 is 2.54 bits per heavy atom. The third-order valence-electron chi connectivity index (χ3n) is 2.94. The molecule has 0 aliphatic carbocycles. The summed E-state index contributed by atoms with van der Waals surface area (Å²) in [6, 6.07) is 9.44. The Labute approximate surface area is 140 Å². The molecule has 1 aromatic carbocycles. The summed E-state index contributed by atoms with van der Waals surface area (Å²) in [6.07, 6.45) is 1.57. The lowest BCUT2D eigenvalue weighted by Crippen LogP contribution is -2.07. The van der Waals surface area contributed by atoms with Crippen molar-refractivity contribution in [3.05, 3.63) is 63.8 Å². The third kappa shape index (κ3) is 3.96. The van der Waals surface area contributed by atoms with E-state index in [-0.39, 0.29) is 22.9 Å². The summed E-state index contributed by atoms with van der Waals surface area (Å²) in [4.78, 5) is 22.3.